The van der Waals surface area contributed by atoms with Gasteiger partial charge in [-0.15, -0.1) is 0 Å². The molecule has 0 aliphatic rings. The van der Waals surface area contributed by atoms with Gasteiger partial charge in [0.1, 0.15) is 6.61 Å². The molecule has 16 heavy (non-hydrogen) atoms. The lowest BCUT2D eigenvalue weighted by Gasteiger charge is -2.17. The van der Waals surface area contributed by atoms with Crippen molar-refractivity contribution in [3.63, 3.8) is 0 Å². The summed E-state index contributed by atoms with van der Waals surface area (Å²) in [6, 6.07) is 0. The topological polar surface area (TPSA) is 52.6 Å². The predicted octanol–water partition coefficient (Wildman–Crippen LogP) is 2.04. The van der Waals surface area contributed by atoms with Gasteiger partial charge in [0, 0.05) is 5.57 Å². The summed E-state index contributed by atoms with van der Waals surface area (Å²) >= 11 is 0. The van der Waals surface area contributed by atoms with Gasteiger partial charge >= 0.3 is 11.9 Å². The van der Waals surface area contributed by atoms with Crippen molar-refractivity contribution in [3.05, 3.63) is 24.8 Å². The van der Waals surface area contributed by atoms with Gasteiger partial charge < -0.3 is 9.16 Å². The first-order valence-electron chi connectivity index (χ1n) is 4.94. The van der Waals surface area contributed by atoms with Crippen molar-refractivity contribution in [2.45, 2.75) is 26.1 Å². The Hall–Kier alpha value is -1.36. The quantitative estimate of drug-likeness (QED) is 0.309. The molecule has 0 amide bonds. The normalized spacial score (nSPS) is 10.4. The summed E-state index contributed by atoms with van der Waals surface area (Å²) in [6.07, 6.45) is 1.32. The molecule has 0 saturated carbocycles. The van der Waals surface area contributed by atoms with E-state index in [-0.39, 0.29) is 18.6 Å². The van der Waals surface area contributed by atoms with Gasteiger partial charge in [0.15, 0.2) is 0 Å². The summed E-state index contributed by atoms with van der Waals surface area (Å²) in [5, 5.41) is 0. The molecule has 0 aliphatic carbocycles. The van der Waals surface area contributed by atoms with Crippen molar-refractivity contribution >= 4 is 20.3 Å². The van der Waals surface area contributed by atoms with Gasteiger partial charge in [-0.3, -0.25) is 4.79 Å². The summed E-state index contributed by atoms with van der Waals surface area (Å²) in [7, 11) is -1.94. The zero-order valence-corrected chi connectivity index (χ0v) is 11.0. The first-order chi connectivity index (χ1) is 7.26. The summed E-state index contributed by atoms with van der Waals surface area (Å²) in [6.45, 7) is 12.7. The molecule has 0 rings (SSSR count). The molecule has 0 aromatic heterocycles. The number of ether oxygens (including phenoxy) is 1. The molecule has 5 heteroatoms. The van der Waals surface area contributed by atoms with E-state index in [0.717, 1.165) is 0 Å². The van der Waals surface area contributed by atoms with Crippen LogP contribution in [0.25, 0.3) is 0 Å². The molecule has 0 N–H and O–H groups in total. The number of esters is 1. The van der Waals surface area contributed by atoms with E-state index < -0.39 is 20.3 Å². The van der Waals surface area contributed by atoms with Crippen LogP contribution in [0.15, 0.2) is 24.8 Å². The third-order valence-corrected chi connectivity index (χ3v) is 2.21. The zero-order chi connectivity index (χ0) is 12.8. The van der Waals surface area contributed by atoms with Crippen molar-refractivity contribution in [1.29, 1.82) is 0 Å². The van der Waals surface area contributed by atoms with E-state index in [1.54, 1.807) is 0 Å². The predicted molar refractivity (Wildman–Crippen MR) is 64.4 cm³/mol. The lowest BCUT2D eigenvalue weighted by molar-refractivity contribution is -0.143. The van der Waals surface area contributed by atoms with Crippen LogP contribution in [-0.2, 0) is 18.8 Å². The standard InChI is InChI=1S/C11H18O4Si/c1-6-7-14-10(12)8-9(2)11(13)15-16(3,4)5/h6H,1-2,7-8H2,3-5H3. The SMILES string of the molecule is C=CCOC(=O)CC(=C)C(=O)O[Si](C)(C)C. The van der Waals surface area contributed by atoms with E-state index >= 15 is 0 Å². The van der Waals surface area contributed by atoms with Crippen molar-refractivity contribution in [2.24, 2.45) is 0 Å². The van der Waals surface area contributed by atoms with E-state index in [1.165, 1.54) is 6.08 Å². The summed E-state index contributed by atoms with van der Waals surface area (Å²) in [5.41, 5.74) is 0.122. The van der Waals surface area contributed by atoms with Gasteiger partial charge in [-0.05, 0) is 19.6 Å². The maximum atomic E-state index is 11.5. The molecule has 0 heterocycles. The van der Waals surface area contributed by atoms with Crippen molar-refractivity contribution < 1.29 is 18.8 Å². The Kier molecular flexibility index (Phi) is 5.74. The summed E-state index contributed by atoms with van der Waals surface area (Å²) in [5.74, 6) is -1.02. The monoisotopic (exact) mass is 242 g/mol. The molecular formula is C11H18O4Si. The third-order valence-electron chi connectivity index (χ3n) is 1.41. The van der Waals surface area contributed by atoms with Gasteiger partial charge in [0.25, 0.3) is 0 Å². The Morgan fingerprint density at radius 3 is 2.31 bits per heavy atom. The highest BCUT2D eigenvalue weighted by Gasteiger charge is 2.22. The highest BCUT2D eigenvalue weighted by molar-refractivity contribution is 6.71. The molecule has 0 radical (unpaired) electrons. The summed E-state index contributed by atoms with van der Waals surface area (Å²) in [4.78, 5) is 22.6. The minimum Gasteiger partial charge on any atom is -0.517 e. The van der Waals surface area contributed by atoms with E-state index in [2.05, 4.69) is 13.2 Å². The van der Waals surface area contributed by atoms with E-state index in [1.807, 2.05) is 19.6 Å². The highest BCUT2D eigenvalue weighted by atomic mass is 28.4. The zero-order valence-electron chi connectivity index (χ0n) is 10.0. The molecule has 0 fully saturated rings. The molecule has 0 spiro atoms. The Balaban J connectivity index is 4.11. The van der Waals surface area contributed by atoms with Gasteiger partial charge in [0.2, 0.25) is 8.32 Å². The second kappa shape index (κ2) is 6.27. The highest BCUT2D eigenvalue weighted by Crippen LogP contribution is 2.09. The molecular weight excluding hydrogens is 224 g/mol. The molecule has 0 aliphatic heterocycles. The lowest BCUT2D eigenvalue weighted by atomic mass is 10.2. The molecule has 4 nitrogen and oxygen atoms in total. The van der Waals surface area contributed by atoms with Crippen molar-refractivity contribution in [2.75, 3.05) is 6.61 Å². The molecule has 0 aromatic rings. The number of carbonyl (C=O) groups is 2. The number of hydrogen-bond acceptors (Lipinski definition) is 4. The van der Waals surface area contributed by atoms with Crippen LogP contribution in [0.2, 0.25) is 19.6 Å². The fourth-order valence-electron chi connectivity index (χ4n) is 0.800. The van der Waals surface area contributed by atoms with Crippen LogP contribution in [-0.4, -0.2) is 26.9 Å². The molecule has 0 saturated heterocycles. The van der Waals surface area contributed by atoms with E-state index in [4.69, 9.17) is 9.16 Å². The van der Waals surface area contributed by atoms with Gasteiger partial charge in [-0.25, -0.2) is 4.79 Å². The van der Waals surface area contributed by atoms with Gasteiger partial charge in [-0.2, -0.15) is 0 Å². The van der Waals surface area contributed by atoms with E-state index in [9.17, 15) is 9.59 Å². The molecule has 0 atom stereocenters. The van der Waals surface area contributed by atoms with Crippen molar-refractivity contribution in [1.82, 2.24) is 0 Å². The average molecular weight is 242 g/mol. The van der Waals surface area contributed by atoms with Gasteiger partial charge in [0.05, 0.1) is 6.42 Å². The first-order valence-corrected chi connectivity index (χ1v) is 8.34. The fourth-order valence-corrected chi connectivity index (χ4v) is 1.50. The molecule has 90 valence electrons. The summed E-state index contributed by atoms with van der Waals surface area (Å²) < 4.78 is 9.91. The Morgan fingerprint density at radius 2 is 1.88 bits per heavy atom. The average Bonchev–Trinajstić information content (AvgIpc) is 2.11. The van der Waals surface area contributed by atoms with E-state index in [0.29, 0.717) is 0 Å². The molecule has 0 aromatic carbocycles. The first kappa shape index (κ1) is 14.6. The van der Waals surface area contributed by atoms with Crippen LogP contribution < -0.4 is 0 Å². The molecule has 0 unspecified atom stereocenters. The van der Waals surface area contributed by atoms with Crippen LogP contribution in [0.1, 0.15) is 6.42 Å². The smallest absolute Gasteiger partial charge is 0.320 e. The van der Waals surface area contributed by atoms with Crippen LogP contribution in [0.5, 0.6) is 0 Å². The Labute approximate surface area is 97.1 Å². The Morgan fingerprint density at radius 1 is 1.31 bits per heavy atom. The van der Waals surface area contributed by atoms with Crippen LogP contribution in [0, 0.1) is 0 Å². The maximum Gasteiger partial charge on any atom is 0.320 e. The number of hydrogen-bond donors (Lipinski definition) is 0. The Bertz CT molecular complexity index is 302. The van der Waals surface area contributed by atoms with Crippen LogP contribution in [0.4, 0.5) is 0 Å². The lowest BCUT2D eigenvalue weighted by Crippen LogP contribution is -2.30. The third kappa shape index (κ3) is 7.00. The minimum absolute atomic E-state index is 0.122. The second-order valence-corrected chi connectivity index (χ2v) is 8.68. The maximum absolute atomic E-state index is 11.5. The number of rotatable bonds is 6. The van der Waals surface area contributed by atoms with Crippen molar-refractivity contribution in [3.8, 4) is 0 Å². The second-order valence-electron chi connectivity index (χ2n) is 4.25. The fraction of sp³-hybridized carbons (Fsp3) is 0.455. The van der Waals surface area contributed by atoms with Crippen LogP contribution >= 0.6 is 0 Å². The largest absolute Gasteiger partial charge is 0.517 e. The number of carbonyl (C=O) groups excluding carboxylic acids is 2. The minimum atomic E-state index is -1.94. The van der Waals surface area contributed by atoms with Crippen LogP contribution in [0.3, 0.4) is 0 Å². The molecule has 0 bridgehead atoms. The van der Waals surface area contributed by atoms with Gasteiger partial charge in [-0.1, -0.05) is 19.2 Å².